The van der Waals surface area contributed by atoms with E-state index in [9.17, 15) is 0 Å². The highest BCUT2D eigenvalue weighted by Crippen LogP contribution is 2.37. The quantitative estimate of drug-likeness (QED) is 0.812. The lowest BCUT2D eigenvalue weighted by Crippen LogP contribution is -2.29. The van der Waals surface area contributed by atoms with Gasteiger partial charge in [-0.1, -0.05) is 12.1 Å². The molecule has 0 radical (unpaired) electrons. The van der Waals surface area contributed by atoms with Crippen LogP contribution in [0.2, 0.25) is 0 Å². The summed E-state index contributed by atoms with van der Waals surface area (Å²) in [6, 6.07) is 2.49. The maximum Gasteiger partial charge on any atom is 0.00202 e. The molecule has 1 saturated heterocycles. The third-order valence-electron chi connectivity index (χ3n) is 4.86. The molecular formula is C18H25N. The predicted molar refractivity (Wildman–Crippen MR) is 81.9 cm³/mol. The first-order valence-electron chi connectivity index (χ1n) is 7.77. The van der Waals surface area contributed by atoms with Gasteiger partial charge in [0.05, 0.1) is 0 Å². The maximum absolute atomic E-state index is 3.92. The van der Waals surface area contributed by atoms with Crippen molar-refractivity contribution in [2.45, 2.75) is 51.4 Å². The van der Waals surface area contributed by atoms with Crippen molar-refractivity contribution in [1.29, 1.82) is 0 Å². The maximum atomic E-state index is 3.92. The van der Waals surface area contributed by atoms with Crippen molar-refractivity contribution in [3.8, 4) is 0 Å². The van der Waals surface area contributed by atoms with Gasteiger partial charge in [-0.3, -0.25) is 0 Å². The number of hydrogen-bond donors (Lipinski definition) is 1. The van der Waals surface area contributed by atoms with Gasteiger partial charge in [-0.25, -0.2) is 0 Å². The monoisotopic (exact) mass is 255 g/mol. The number of rotatable bonds is 3. The summed E-state index contributed by atoms with van der Waals surface area (Å²) in [5.74, 6) is 0.747. The van der Waals surface area contributed by atoms with E-state index in [2.05, 4.69) is 31.0 Å². The van der Waals surface area contributed by atoms with Crippen LogP contribution in [0.1, 0.15) is 53.0 Å². The molecule has 2 aliphatic rings. The summed E-state index contributed by atoms with van der Waals surface area (Å²) in [7, 11) is 0. The third kappa shape index (κ3) is 2.36. The van der Waals surface area contributed by atoms with E-state index >= 15 is 0 Å². The molecule has 0 spiro atoms. The van der Waals surface area contributed by atoms with Gasteiger partial charge in [0.1, 0.15) is 0 Å². The van der Waals surface area contributed by atoms with E-state index < -0.39 is 0 Å². The first-order chi connectivity index (χ1) is 9.31. The van der Waals surface area contributed by atoms with Crippen LogP contribution < -0.4 is 5.32 Å². The molecule has 1 aromatic carbocycles. The Hall–Kier alpha value is -1.08. The fraction of sp³-hybridized carbons (Fsp3) is 0.556. The number of hydrogen-bond acceptors (Lipinski definition) is 1. The normalized spacial score (nSPS) is 22.3. The Kier molecular flexibility index (Phi) is 3.74. The molecule has 3 rings (SSSR count). The van der Waals surface area contributed by atoms with E-state index in [1.165, 1.54) is 50.8 Å². The first-order valence-corrected chi connectivity index (χ1v) is 7.77. The summed E-state index contributed by atoms with van der Waals surface area (Å²) in [5, 5.41) is 3.57. The smallest absolute Gasteiger partial charge is 0.00202 e. The van der Waals surface area contributed by atoms with E-state index in [0.29, 0.717) is 0 Å². The van der Waals surface area contributed by atoms with E-state index in [1.807, 2.05) is 0 Å². The molecule has 0 bridgehead atoms. The van der Waals surface area contributed by atoms with Gasteiger partial charge in [0.2, 0.25) is 0 Å². The van der Waals surface area contributed by atoms with Crippen LogP contribution in [0.3, 0.4) is 0 Å². The Morgan fingerprint density at radius 1 is 1.32 bits per heavy atom. The molecule has 0 amide bonds. The van der Waals surface area contributed by atoms with Crippen molar-refractivity contribution in [3.63, 3.8) is 0 Å². The lowest BCUT2D eigenvalue weighted by Gasteiger charge is -2.27. The third-order valence-corrected chi connectivity index (χ3v) is 4.86. The average molecular weight is 255 g/mol. The topological polar surface area (TPSA) is 12.0 Å². The lowest BCUT2D eigenvalue weighted by atomic mass is 9.83. The SMILES string of the molecule is C=CCc1c(C)cc(C2CCCNC2)c2c1CCC2. The molecule has 1 atom stereocenters. The van der Waals surface area contributed by atoms with Gasteiger partial charge < -0.3 is 5.32 Å². The van der Waals surface area contributed by atoms with Gasteiger partial charge in [-0.2, -0.15) is 0 Å². The molecule has 1 heterocycles. The zero-order valence-electron chi connectivity index (χ0n) is 12.1. The summed E-state index contributed by atoms with van der Waals surface area (Å²) in [6.45, 7) is 8.59. The van der Waals surface area contributed by atoms with Crippen LogP contribution in [-0.2, 0) is 19.3 Å². The summed E-state index contributed by atoms with van der Waals surface area (Å²) in [6.07, 6.45) is 9.71. The van der Waals surface area contributed by atoms with Crippen molar-refractivity contribution in [1.82, 2.24) is 5.32 Å². The summed E-state index contributed by atoms with van der Waals surface area (Å²) in [5.41, 5.74) is 8.07. The minimum absolute atomic E-state index is 0.747. The van der Waals surface area contributed by atoms with Gasteiger partial charge in [0.25, 0.3) is 0 Å². The summed E-state index contributed by atoms with van der Waals surface area (Å²) >= 11 is 0. The molecule has 1 unspecified atom stereocenters. The minimum atomic E-state index is 0.747. The second kappa shape index (κ2) is 5.50. The van der Waals surface area contributed by atoms with Crippen molar-refractivity contribution in [2.75, 3.05) is 13.1 Å². The zero-order valence-corrected chi connectivity index (χ0v) is 12.1. The van der Waals surface area contributed by atoms with Gasteiger partial charge in [0, 0.05) is 6.54 Å². The van der Waals surface area contributed by atoms with E-state index in [1.54, 1.807) is 22.3 Å². The molecule has 1 aromatic rings. The first kappa shape index (κ1) is 12.9. The molecule has 19 heavy (non-hydrogen) atoms. The Labute approximate surface area is 117 Å². The number of piperidine rings is 1. The number of allylic oxidation sites excluding steroid dienone is 1. The molecule has 1 aliphatic carbocycles. The van der Waals surface area contributed by atoms with Gasteiger partial charge in [-0.05, 0) is 85.7 Å². The summed E-state index contributed by atoms with van der Waals surface area (Å²) < 4.78 is 0. The van der Waals surface area contributed by atoms with Crippen molar-refractivity contribution >= 4 is 0 Å². The van der Waals surface area contributed by atoms with E-state index in [0.717, 1.165) is 12.3 Å². The Bertz CT molecular complexity index is 481. The Morgan fingerprint density at radius 2 is 2.16 bits per heavy atom. The van der Waals surface area contributed by atoms with Gasteiger partial charge in [0.15, 0.2) is 0 Å². The van der Waals surface area contributed by atoms with E-state index in [-0.39, 0.29) is 0 Å². The standard InChI is InChI=1S/C18H25N/c1-3-6-15-13(2)11-18(14-7-5-10-19-12-14)17-9-4-8-16(15)17/h3,11,14,19H,1,4-10,12H2,2H3. The number of aryl methyl sites for hydroxylation is 1. The summed E-state index contributed by atoms with van der Waals surface area (Å²) in [4.78, 5) is 0. The second-order valence-electron chi connectivity index (χ2n) is 6.11. The molecule has 1 aliphatic heterocycles. The van der Waals surface area contributed by atoms with Crippen molar-refractivity contribution in [2.24, 2.45) is 0 Å². The molecule has 0 aromatic heterocycles. The average Bonchev–Trinajstić information content (AvgIpc) is 2.92. The molecule has 102 valence electrons. The molecule has 1 heteroatoms. The highest BCUT2D eigenvalue weighted by Gasteiger charge is 2.25. The van der Waals surface area contributed by atoms with Crippen molar-refractivity contribution < 1.29 is 0 Å². The number of benzene rings is 1. The van der Waals surface area contributed by atoms with E-state index in [4.69, 9.17) is 0 Å². The highest BCUT2D eigenvalue weighted by atomic mass is 14.9. The van der Waals surface area contributed by atoms with Crippen LogP contribution in [-0.4, -0.2) is 13.1 Å². The number of nitrogens with one attached hydrogen (secondary N) is 1. The lowest BCUT2D eigenvalue weighted by molar-refractivity contribution is 0.459. The molecule has 1 fully saturated rings. The predicted octanol–water partition coefficient (Wildman–Crippen LogP) is 3.68. The van der Waals surface area contributed by atoms with Gasteiger partial charge >= 0.3 is 0 Å². The molecular weight excluding hydrogens is 230 g/mol. The molecule has 1 nitrogen and oxygen atoms in total. The fourth-order valence-corrected chi connectivity index (χ4v) is 3.95. The fourth-order valence-electron chi connectivity index (χ4n) is 3.95. The largest absolute Gasteiger partial charge is 0.316 e. The Balaban J connectivity index is 2.03. The van der Waals surface area contributed by atoms with Crippen molar-refractivity contribution in [3.05, 3.63) is 46.5 Å². The van der Waals surface area contributed by atoms with Crippen LogP contribution >= 0.6 is 0 Å². The highest BCUT2D eigenvalue weighted by molar-refractivity contribution is 5.50. The van der Waals surface area contributed by atoms with Crippen LogP contribution in [0, 0.1) is 6.92 Å². The molecule has 1 N–H and O–H groups in total. The van der Waals surface area contributed by atoms with Gasteiger partial charge in [-0.15, -0.1) is 6.58 Å². The van der Waals surface area contributed by atoms with Crippen LogP contribution in [0.15, 0.2) is 18.7 Å². The Morgan fingerprint density at radius 3 is 2.89 bits per heavy atom. The number of fused-ring (bicyclic) bond motifs is 1. The molecule has 0 saturated carbocycles. The van der Waals surface area contributed by atoms with Crippen LogP contribution in [0.25, 0.3) is 0 Å². The second-order valence-corrected chi connectivity index (χ2v) is 6.11. The minimum Gasteiger partial charge on any atom is -0.316 e. The zero-order chi connectivity index (χ0) is 13.2. The van der Waals surface area contributed by atoms with Crippen LogP contribution in [0.5, 0.6) is 0 Å². The van der Waals surface area contributed by atoms with Crippen LogP contribution in [0.4, 0.5) is 0 Å².